The van der Waals surface area contributed by atoms with Crippen LogP contribution in [0.2, 0.25) is 0 Å². The van der Waals surface area contributed by atoms with E-state index in [4.69, 9.17) is 0 Å². The van der Waals surface area contributed by atoms with Gasteiger partial charge in [0.1, 0.15) is 5.82 Å². The number of rotatable bonds is 5. The maximum Gasteiger partial charge on any atom is 0.225 e. The smallest absolute Gasteiger partial charge is 0.225 e. The largest absolute Gasteiger partial charge is 0.311 e. The number of anilines is 1. The zero-order chi connectivity index (χ0) is 18.6. The summed E-state index contributed by atoms with van der Waals surface area (Å²) in [6, 6.07) is 20.7. The van der Waals surface area contributed by atoms with Crippen LogP contribution in [0.4, 0.5) is 5.82 Å². The molecule has 0 fully saturated rings. The van der Waals surface area contributed by atoms with E-state index in [1.165, 1.54) is 11.1 Å². The van der Waals surface area contributed by atoms with Crippen molar-refractivity contribution in [1.29, 1.82) is 0 Å². The molecule has 0 atom stereocenters. The second-order valence-electron chi connectivity index (χ2n) is 6.44. The van der Waals surface area contributed by atoms with E-state index in [2.05, 4.69) is 56.9 Å². The summed E-state index contributed by atoms with van der Waals surface area (Å²) in [5, 5.41) is 10.7. The van der Waals surface area contributed by atoms with E-state index in [0.29, 0.717) is 17.9 Å². The second kappa shape index (κ2) is 7.41. The molecule has 0 saturated heterocycles. The van der Waals surface area contributed by atoms with E-state index in [9.17, 15) is 4.79 Å². The average Bonchev–Trinajstić information content (AvgIpc) is 3.11. The van der Waals surface area contributed by atoms with Crippen molar-refractivity contribution in [1.82, 2.24) is 15.2 Å². The van der Waals surface area contributed by atoms with Gasteiger partial charge < -0.3 is 5.32 Å². The first-order valence-electron chi connectivity index (χ1n) is 9.04. The Balaban J connectivity index is 1.64. The summed E-state index contributed by atoms with van der Waals surface area (Å²) in [5.41, 5.74) is 5.00. The topological polar surface area (TPSA) is 70.7 Å². The Hall–Kier alpha value is -3.47. The van der Waals surface area contributed by atoms with Crippen LogP contribution in [0.5, 0.6) is 0 Å². The summed E-state index contributed by atoms with van der Waals surface area (Å²) >= 11 is 0. The second-order valence-corrected chi connectivity index (χ2v) is 6.44. The molecule has 0 radical (unpaired) electrons. The van der Waals surface area contributed by atoms with Crippen LogP contribution < -0.4 is 5.32 Å². The summed E-state index contributed by atoms with van der Waals surface area (Å²) in [4.78, 5) is 16.3. The fourth-order valence-electron chi connectivity index (χ4n) is 3.07. The summed E-state index contributed by atoms with van der Waals surface area (Å²) in [5.74, 6) is 0.569. The van der Waals surface area contributed by atoms with Gasteiger partial charge in [-0.2, -0.15) is 5.10 Å². The predicted molar refractivity (Wildman–Crippen MR) is 108 cm³/mol. The van der Waals surface area contributed by atoms with Gasteiger partial charge in [0.25, 0.3) is 0 Å². The van der Waals surface area contributed by atoms with E-state index < -0.39 is 0 Å². The van der Waals surface area contributed by atoms with Crippen LogP contribution >= 0.6 is 0 Å². The molecule has 1 amide bonds. The lowest BCUT2D eigenvalue weighted by Crippen LogP contribution is -2.11. The number of benzene rings is 2. The molecule has 5 heteroatoms. The Morgan fingerprint density at radius 2 is 1.63 bits per heavy atom. The molecule has 134 valence electrons. The highest BCUT2D eigenvalue weighted by molar-refractivity contribution is 5.99. The highest BCUT2D eigenvalue weighted by atomic mass is 16.1. The monoisotopic (exact) mass is 356 g/mol. The van der Waals surface area contributed by atoms with E-state index in [-0.39, 0.29) is 5.91 Å². The number of carbonyl (C=O) groups excluding carboxylic acids is 1. The van der Waals surface area contributed by atoms with Crippen LogP contribution in [0.15, 0.2) is 66.9 Å². The molecule has 2 aromatic heterocycles. The van der Waals surface area contributed by atoms with Crippen molar-refractivity contribution in [2.75, 3.05) is 5.32 Å². The third-order valence-corrected chi connectivity index (χ3v) is 4.48. The minimum Gasteiger partial charge on any atom is -0.311 e. The molecule has 27 heavy (non-hydrogen) atoms. The zero-order valence-electron chi connectivity index (χ0n) is 15.1. The molecule has 0 unspecified atom stereocenters. The molecule has 0 spiro atoms. The Morgan fingerprint density at radius 3 is 2.33 bits per heavy atom. The van der Waals surface area contributed by atoms with Gasteiger partial charge in [0.15, 0.2) is 5.65 Å². The minimum atomic E-state index is -0.0272. The number of pyridine rings is 1. The summed E-state index contributed by atoms with van der Waals surface area (Å²) < 4.78 is 0. The lowest BCUT2D eigenvalue weighted by atomic mass is 10.0. The van der Waals surface area contributed by atoms with Gasteiger partial charge >= 0.3 is 0 Å². The van der Waals surface area contributed by atoms with Crippen molar-refractivity contribution >= 4 is 22.8 Å². The summed E-state index contributed by atoms with van der Waals surface area (Å²) in [7, 11) is 0. The van der Waals surface area contributed by atoms with E-state index in [1.54, 1.807) is 6.20 Å². The number of amides is 1. The first-order valence-corrected chi connectivity index (χ1v) is 9.04. The quantitative estimate of drug-likeness (QED) is 0.527. The summed E-state index contributed by atoms with van der Waals surface area (Å²) in [6.07, 6.45) is 3.09. The number of carbonyl (C=O) groups is 1. The minimum absolute atomic E-state index is 0.0272. The average molecular weight is 356 g/mol. The molecule has 2 heterocycles. The molecule has 4 rings (SSSR count). The Bertz CT molecular complexity index is 1070. The molecule has 0 saturated carbocycles. The van der Waals surface area contributed by atoms with Crippen LogP contribution in [0.25, 0.3) is 33.3 Å². The number of hydrogen-bond donors (Lipinski definition) is 2. The zero-order valence-corrected chi connectivity index (χ0v) is 15.1. The van der Waals surface area contributed by atoms with Crippen molar-refractivity contribution in [2.45, 2.75) is 19.8 Å². The molecule has 5 nitrogen and oxygen atoms in total. The van der Waals surface area contributed by atoms with Gasteiger partial charge in [-0.3, -0.25) is 9.89 Å². The third kappa shape index (κ3) is 3.58. The van der Waals surface area contributed by atoms with Gasteiger partial charge in [-0.1, -0.05) is 61.5 Å². The lowest BCUT2D eigenvalue weighted by molar-refractivity contribution is -0.116. The fraction of sp³-hybridized carbons (Fsp3) is 0.136. The van der Waals surface area contributed by atoms with Crippen LogP contribution in [0, 0.1) is 0 Å². The van der Waals surface area contributed by atoms with Gasteiger partial charge in [0.05, 0.1) is 5.39 Å². The SMILES string of the molecule is CCCC(=O)Nc1[nH]nc2ncc(-c3ccc(-c4ccccc4)cc3)cc12. The van der Waals surface area contributed by atoms with Crippen molar-refractivity contribution in [3.8, 4) is 22.3 Å². The molecule has 0 aliphatic heterocycles. The molecule has 4 aromatic rings. The Labute approximate surface area is 157 Å². The number of fused-ring (bicyclic) bond motifs is 1. The number of hydrogen-bond acceptors (Lipinski definition) is 3. The molecular weight excluding hydrogens is 336 g/mol. The number of H-pyrrole nitrogens is 1. The first-order chi connectivity index (χ1) is 13.2. The number of nitrogens with one attached hydrogen (secondary N) is 2. The third-order valence-electron chi connectivity index (χ3n) is 4.48. The maximum atomic E-state index is 11.9. The molecular formula is C22H20N4O. The molecule has 2 N–H and O–H groups in total. The van der Waals surface area contributed by atoms with Crippen LogP contribution in [0.3, 0.4) is 0 Å². The van der Waals surface area contributed by atoms with Gasteiger partial charge in [0.2, 0.25) is 5.91 Å². The normalized spacial score (nSPS) is 10.9. The van der Waals surface area contributed by atoms with Gasteiger partial charge in [0, 0.05) is 18.2 Å². The van der Waals surface area contributed by atoms with Crippen molar-refractivity contribution in [2.24, 2.45) is 0 Å². The highest BCUT2D eigenvalue weighted by Gasteiger charge is 2.11. The first kappa shape index (κ1) is 17.0. The van der Waals surface area contributed by atoms with Crippen LogP contribution in [0.1, 0.15) is 19.8 Å². The van der Waals surface area contributed by atoms with Crippen LogP contribution in [-0.4, -0.2) is 21.1 Å². The highest BCUT2D eigenvalue weighted by Crippen LogP contribution is 2.28. The van der Waals surface area contributed by atoms with Crippen molar-refractivity contribution in [3.05, 3.63) is 66.9 Å². The molecule has 0 aliphatic rings. The van der Waals surface area contributed by atoms with Crippen molar-refractivity contribution in [3.63, 3.8) is 0 Å². The predicted octanol–water partition coefficient (Wildman–Crippen LogP) is 5.03. The molecule has 2 aromatic carbocycles. The Kier molecular flexibility index (Phi) is 4.66. The number of aromatic nitrogens is 3. The molecule has 0 bridgehead atoms. The van der Waals surface area contributed by atoms with Crippen molar-refractivity contribution < 1.29 is 4.79 Å². The van der Waals surface area contributed by atoms with Crippen LogP contribution in [-0.2, 0) is 4.79 Å². The summed E-state index contributed by atoms with van der Waals surface area (Å²) in [6.45, 7) is 1.98. The fourth-order valence-corrected chi connectivity index (χ4v) is 3.07. The number of aromatic amines is 1. The van der Waals surface area contributed by atoms with Gasteiger partial charge in [-0.05, 0) is 29.2 Å². The number of nitrogens with zero attached hydrogens (tertiary/aromatic N) is 2. The maximum absolute atomic E-state index is 11.9. The van der Waals surface area contributed by atoms with Gasteiger partial charge in [-0.15, -0.1) is 0 Å². The van der Waals surface area contributed by atoms with E-state index in [1.807, 2.05) is 31.2 Å². The molecule has 0 aliphatic carbocycles. The van der Waals surface area contributed by atoms with Gasteiger partial charge in [-0.25, -0.2) is 4.98 Å². The van der Waals surface area contributed by atoms with E-state index in [0.717, 1.165) is 22.9 Å². The lowest BCUT2D eigenvalue weighted by Gasteiger charge is -2.06. The Morgan fingerprint density at radius 1 is 0.963 bits per heavy atom. The van der Waals surface area contributed by atoms with E-state index >= 15 is 0 Å². The standard InChI is InChI=1S/C22H20N4O/c1-2-6-20(27)24-22-19-13-18(14-23-21(19)25-26-22)17-11-9-16(10-12-17)15-7-4-3-5-8-15/h3-5,7-14H,2,6H2,1H3,(H2,23,24,25,26,27).